The molecule has 1 N–H and O–H groups in total. The average molecular weight is 550 g/mol. The third kappa shape index (κ3) is 7.47. The molecular weight excluding hydrogens is 510 g/mol. The molecule has 0 aliphatic rings. The number of amides is 2. The van der Waals surface area contributed by atoms with Crippen LogP contribution in [0.1, 0.15) is 50.3 Å². The second-order valence-electron chi connectivity index (χ2n) is 9.51. The fraction of sp³-hybridized carbons (Fsp3) is 0.355. The first-order valence-corrected chi connectivity index (χ1v) is 14.9. The molecule has 0 fully saturated rings. The molecule has 0 aliphatic carbocycles. The number of hydrogen-bond donors (Lipinski definition) is 1. The minimum atomic E-state index is -4.06. The summed E-state index contributed by atoms with van der Waals surface area (Å²) in [5.74, 6) is -0.693. The van der Waals surface area contributed by atoms with Crippen LogP contribution >= 0.6 is 0 Å². The van der Waals surface area contributed by atoms with E-state index in [-0.39, 0.29) is 17.3 Å². The van der Waals surface area contributed by atoms with Gasteiger partial charge in [-0.2, -0.15) is 0 Å². The van der Waals surface area contributed by atoms with Crippen molar-refractivity contribution in [2.75, 3.05) is 17.4 Å². The zero-order valence-corrected chi connectivity index (χ0v) is 24.1. The zero-order chi connectivity index (χ0) is 28.4. The first-order valence-electron chi connectivity index (χ1n) is 13.5. The van der Waals surface area contributed by atoms with Gasteiger partial charge in [0.05, 0.1) is 10.6 Å². The van der Waals surface area contributed by atoms with Crippen molar-refractivity contribution in [1.82, 2.24) is 10.2 Å². The summed E-state index contributed by atoms with van der Waals surface area (Å²) in [4.78, 5) is 28.8. The molecule has 8 heteroatoms. The number of hydrogen-bond acceptors (Lipinski definition) is 4. The van der Waals surface area contributed by atoms with Crippen molar-refractivity contribution < 1.29 is 18.0 Å². The maximum atomic E-state index is 14.1. The van der Waals surface area contributed by atoms with E-state index in [1.54, 1.807) is 30.3 Å². The van der Waals surface area contributed by atoms with E-state index in [2.05, 4.69) is 5.32 Å². The predicted octanol–water partition coefficient (Wildman–Crippen LogP) is 5.09. The number of benzene rings is 3. The molecule has 0 saturated heterocycles. The van der Waals surface area contributed by atoms with Crippen molar-refractivity contribution >= 4 is 27.5 Å². The van der Waals surface area contributed by atoms with Crippen LogP contribution in [0, 0.1) is 6.92 Å². The Hall–Kier alpha value is -3.65. The largest absolute Gasteiger partial charge is 0.354 e. The lowest BCUT2D eigenvalue weighted by Gasteiger charge is -2.33. The van der Waals surface area contributed by atoms with E-state index >= 15 is 0 Å². The van der Waals surface area contributed by atoms with Crippen molar-refractivity contribution in [3.8, 4) is 0 Å². The number of aryl methyl sites for hydroxylation is 2. The number of nitrogens with one attached hydrogen (secondary N) is 1. The summed E-state index contributed by atoms with van der Waals surface area (Å²) in [7, 11) is -4.06. The maximum Gasteiger partial charge on any atom is 0.264 e. The Balaban J connectivity index is 2.05. The summed E-state index contributed by atoms with van der Waals surface area (Å²) >= 11 is 0. The molecule has 0 radical (unpaired) electrons. The molecular formula is C31H39N3O4S. The van der Waals surface area contributed by atoms with E-state index in [1.165, 1.54) is 17.0 Å². The van der Waals surface area contributed by atoms with Crippen LogP contribution in [0.15, 0.2) is 83.8 Å². The van der Waals surface area contributed by atoms with Gasteiger partial charge in [0.2, 0.25) is 11.8 Å². The second-order valence-corrected chi connectivity index (χ2v) is 11.4. The quantitative estimate of drug-likeness (QED) is 0.322. The molecule has 0 saturated carbocycles. The van der Waals surface area contributed by atoms with Gasteiger partial charge >= 0.3 is 0 Å². The number of rotatable bonds is 13. The van der Waals surface area contributed by atoms with Crippen molar-refractivity contribution in [2.24, 2.45) is 0 Å². The molecule has 1 unspecified atom stereocenters. The van der Waals surface area contributed by atoms with Gasteiger partial charge in [-0.1, -0.05) is 75.4 Å². The van der Waals surface area contributed by atoms with E-state index in [0.29, 0.717) is 18.7 Å². The molecule has 208 valence electrons. The lowest BCUT2D eigenvalue weighted by Crippen LogP contribution is -2.52. The summed E-state index contributed by atoms with van der Waals surface area (Å²) in [5, 5.41) is 2.91. The van der Waals surface area contributed by atoms with Crippen molar-refractivity contribution in [2.45, 2.75) is 64.4 Å². The topological polar surface area (TPSA) is 86.8 Å². The van der Waals surface area contributed by atoms with Crippen molar-refractivity contribution in [3.63, 3.8) is 0 Å². The molecule has 3 aromatic rings. The van der Waals surface area contributed by atoms with Gasteiger partial charge in [0, 0.05) is 13.1 Å². The van der Waals surface area contributed by atoms with Crippen LogP contribution in [0.4, 0.5) is 5.69 Å². The maximum absolute atomic E-state index is 14.1. The Morgan fingerprint density at radius 1 is 0.872 bits per heavy atom. The summed E-state index contributed by atoms with van der Waals surface area (Å²) in [6.07, 6.45) is 1.97. The lowest BCUT2D eigenvalue weighted by molar-refractivity contribution is -0.140. The fourth-order valence-corrected chi connectivity index (χ4v) is 5.84. The normalized spacial score (nSPS) is 12.0. The molecule has 0 aliphatic heterocycles. The van der Waals surface area contributed by atoms with Crippen molar-refractivity contribution in [3.05, 3.63) is 95.6 Å². The summed E-state index contributed by atoms with van der Waals surface area (Å²) in [6, 6.07) is 22.2. The molecule has 3 aromatic carbocycles. The highest BCUT2D eigenvalue weighted by Gasteiger charge is 2.33. The van der Waals surface area contributed by atoms with Crippen LogP contribution in [-0.2, 0) is 32.6 Å². The molecule has 0 aromatic heterocycles. The van der Waals surface area contributed by atoms with Crippen LogP contribution < -0.4 is 9.62 Å². The van der Waals surface area contributed by atoms with Gasteiger partial charge < -0.3 is 10.2 Å². The van der Waals surface area contributed by atoms with Crippen molar-refractivity contribution in [1.29, 1.82) is 0 Å². The number of carbonyl (C=O) groups is 2. The number of sulfonamides is 1. The summed E-state index contributed by atoms with van der Waals surface area (Å²) in [5.41, 5.74) is 3.34. The van der Waals surface area contributed by atoms with Gasteiger partial charge in [-0.15, -0.1) is 0 Å². The van der Waals surface area contributed by atoms with E-state index in [9.17, 15) is 18.0 Å². The van der Waals surface area contributed by atoms with Gasteiger partial charge in [-0.25, -0.2) is 8.42 Å². The number of nitrogens with zero attached hydrogens (tertiary/aromatic N) is 2. The van der Waals surface area contributed by atoms with E-state index in [4.69, 9.17) is 0 Å². The fourth-order valence-electron chi connectivity index (χ4n) is 4.40. The van der Waals surface area contributed by atoms with Crippen LogP contribution in [0.2, 0.25) is 0 Å². The summed E-state index contributed by atoms with van der Waals surface area (Å²) in [6.45, 7) is 8.06. The van der Waals surface area contributed by atoms with Gasteiger partial charge in [0.15, 0.2) is 0 Å². The Labute approximate surface area is 232 Å². The van der Waals surface area contributed by atoms with Crippen LogP contribution in [0.25, 0.3) is 0 Å². The number of anilines is 1. The lowest BCUT2D eigenvalue weighted by atomic mass is 10.1. The highest BCUT2D eigenvalue weighted by Crippen LogP contribution is 2.25. The van der Waals surface area contributed by atoms with Gasteiger partial charge in [0.1, 0.15) is 12.6 Å². The third-order valence-electron chi connectivity index (χ3n) is 6.78. The van der Waals surface area contributed by atoms with Crippen LogP contribution in [-0.4, -0.2) is 44.3 Å². The molecule has 3 rings (SSSR count). The zero-order valence-electron chi connectivity index (χ0n) is 23.3. The third-order valence-corrected chi connectivity index (χ3v) is 8.57. The molecule has 0 spiro atoms. The monoisotopic (exact) mass is 549 g/mol. The molecule has 2 amide bonds. The minimum Gasteiger partial charge on any atom is -0.354 e. The molecule has 7 nitrogen and oxygen atoms in total. The Kier molecular flexibility index (Phi) is 10.7. The second kappa shape index (κ2) is 13.9. The first-order chi connectivity index (χ1) is 18.7. The summed E-state index contributed by atoms with van der Waals surface area (Å²) < 4.78 is 28.8. The first kappa shape index (κ1) is 29.9. The van der Waals surface area contributed by atoms with Gasteiger partial charge in [-0.3, -0.25) is 13.9 Å². The molecule has 1 atom stereocenters. The van der Waals surface area contributed by atoms with Crippen LogP contribution in [0.5, 0.6) is 0 Å². The van der Waals surface area contributed by atoms with Crippen LogP contribution in [0.3, 0.4) is 0 Å². The number of carbonyl (C=O) groups excluding carboxylic acids is 2. The Morgan fingerprint density at radius 3 is 2.10 bits per heavy atom. The molecule has 0 heterocycles. The highest BCUT2D eigenvalue weighted by atomic mass is 32.2. The standard InChI is InChI=1S/C31H39N3O4S/c1-5-21-32-31(36)29(7-3)33(22-26-14-12-11-13-24(26)4)30(35)23-34(27-19-17-25(6-2)18-20-27)39(37,38)28-15-9-8-10-16-28/h8-20,29H,5-7,21-23H2,1-4H3,(H,32,36). The Morgan fingerprint density at radius 2 is 1.51 bits per heavy atom. The Bertz CT molecular complexity index is 1340. The molecule has 39 heavy (non-hydrogen) atoms. The molecule has 0 bridgehead atoms. The van der Waals surface area contributed by atoms with Gasteiger partial charge in [0.25, 0.3) is 10.0 Å². The van der Waals surface area contributed by atoms with E-state index < -0.39 is 28.5 Å². The average Bonchev–Trinajstić information content (AvgIpc) is 2.96. The SMILES string of the molecule is CCCNC(=O)C(CC)N(Cc1ccccc1C)C(=O)CN(c1ccc(CC)cc1)S(=O)(=O)c1ccccc1. The van der Waals surface area contributed by atoms with Gasteiger partial charge in [-0.05, 0) is 67.1 Å². The van der Waals surface area contributed by atoms with E-state index in [1.807, 2.05) is 64.1 Å². The predicted molar refractivity (Wildman–Crippen MR) is 156 cm³/mol. The smallest absolute Gasteiger partial charge is 0.264 e. The minimum absolute atomic E-state index is 0.0931. The highest BCUT2D eigenvalue weighted by molar-refractivity contribution is 7.92. The van der Waals surface area contributed by atoms with E-state index in [0.717, 1.165) is 33.8 Å².